The van der Waals surface area contributed by atoms with Gasteiger partial charge in [0.05, 0.1) is 30.8 Å². The molecule has 0 unspecified atom stereocenters. The van der Waals surface area contributed by atoms with Crippen LogP contribution in [0.4, 0.5) is 19.0 Å². The summed E-state index contributed by atoms with van der Waals surface area (Å²) < 4.78 is 45.7. The lowest BCUT2D eigenvalue weighted by molar-refractivity contribution is -0.137. The van der Waals surface area contributed by atoms with Gasteiger partial charge >= 0.3 is 6.18 Å². The molecule has 0 aliphatic rings. The zero-order valence-electron chi connectivity index (χ0n) is 13.7. The van der Waals surface area contributed by atoms with E-state index in [4.69, 9.17) is 10.5 Å². The van der Waals surface area contributed by atoms with E-state index in [1.165, 1.54) is 35.4 Å². The number of nitrogens with two attached hydrogens (primary N) is 1. The highest BCUT2D eigenvalue weighted by atomic mass is 32.1. The first-order valence-corrected chi connectivity index (χ1v) is 8.35. The first-order valence-electron chi connectivity index (χ1n) is 7.54. The second kappa shape index (κ2) is 6.20. The van der Waals surface area contributed by atoms with Crippen molar-refractivity contribution in [2.45, 2.75) is 6.18 Å². The molecule has 27 heavy (non-hydrogen) atoms. The molecule has 0 spiro atoms. The molecule has 2 N–H and O–H groups in total. The molecule has 0 aliphatic heterocycles. The van der Waals surface area contributed by atoms with Gasteiger partial charge in [-0.2, -0.15) is 18.3 Å². The number of nitrogens with zero attached hydrogens (tertiary/aromatic N) is 5. The number of fused-ring (bicyclic) bond motifs is 1. The summed E-state index contributed by atoms with van der Waals surface area (Å²) in [5.41, 5.74) is 5.62. The summed E-state index contributed by atoms with van der Waals surface area (Å²) in [6, 6.07) is 2.72. The second-order valence-electron chi connectivity index (χ2n) is 5.53. The Morgan fingerprint density at radius 3 is 2.67 bits per heavy atom. The molecule has 4 rings (SSSR count). The Morgan fingerprint density at radius 1 is 1.15 bits per heavy atom. The van der Waals surface area contributed by atoms with Crippen LogP contribution in [0.3, 0.4) is 0 Å². The Hall–Kier alpha value is -3.21. The minimum atomic E-state index is -4.59. The third-order valence-corrected chi connectivity index (χ3v) is 4.73. The van der Waals surface area contributed by atoms with Gasteiger partial charge in [0, 0.05) is 23.5 Å². The summed E-state index contributed by atoms with van der Waals surface area (Å²) in [4.78, 5) is 12.6. The number of hydrogen-bond donors (Lipinski definition) is 1. The molecule has 0 aromatic carbocycles. The zero-order valence-corrected chi connectivity index (χ0v) is 14.5. The van der Waals surface area contributed by atoms with Crippen LogP contribution in [0.25, 0.3) is 26.8 Å². The van der Waals surface area contributed by atoms with Crippen LogP contribution in [-0.2, 0) is 6.18 Å². The van der Waals surface area contributed by atoms with Crippen molar-refractivity contribution >= 4 is 22.1 Å². The molecule has 0 saturated heterocycles. The van der Waals surface area contributed by atoms with Crippen LogP contribution < -0.4 is 10.5 Å². The maximum absolute atomic E-state index is 13.0. The van der Waals surface area contributed by atoms with Gasteiger partial charge < -0.3 is 10.5 Å². The van der Waals surface area contributed by atoms with E-state index in [0.29, 0.717) is 21.4 Å². The average molecular weight is 392 g/mol. The predicted octanol–water partition coefficient (Wildman–Crippen LogP) is 3.52. The molecule has 11 heteroatoms. The van der Waals surface area contributed by atoms with Gasteiger partial charge in [0.15, 0.2) is 0 Å². The van der Waals surface area contributed by atoms with Gasteiger partial charge in [-0.05, 0) is 12.1 Å². The van der Waals surface area contributed by atoms with Gasteiger partial charge in [0.25, 0.3) is 0 Å². The van der Waals surface area contributed by atoms with Crippen molar-refractivity contribution < 1.29 is 17.9 Å². The van der Waals surface area contributed by atoms with E-state index >= 15 is 0 Å². The number of aromatic nitrogens is 5. The average Bonchev–Trinajstić information content (AvgIpc) is 3.20. The highest BCUT2D eigenvalue weighted by Crippen LogP contribution is 2.35. The van der Waals surface area contributed by atoms with Gasteiger partial charge in [0.1, 0.15) is 16.6 Å². The molecule has 0 aliphatic carbocycles. The summed E-state index contributed by atoms with van der Waals surface area (Å²) >= 11 is 1.28. The van der Waals surface area contributed by atoms with E-state index in [2.05, 4.69) is 20.1 Å². The smallest absolute Gasteiger partial charge is 0.419 e. The minimum absolute atomic E-state index is 0.207. The van der Waals surface area contributed by atoms with Gasteiger partial charge in [-0.15, -0.1) is 0 Å². The van der Waals surface area contributed by atoms with E-state index in [0.717, 1.165) is 11.6 Å². The van der Waals surface area contributed by atoms with Crippen LogP contribution >= 0.6 is 11.3 Å². The van der Waals surface area contributed by atoms with Gasteiger partial charge in [-0.3, -0.25) is 4.98 Å². The van der Waals surface area contributed by atoms with Crippen LogP contribution in [0.2, 0.25) is 0 Å². The second-order valence-corrected chi connectivity index (χ2v) is 6.48. The fourth-order valence-electron chi connectivity index (χ4n) is 2.45. The van der Waals surface area contributed by atoms with Crippen LogP contribution in [0.15, 0.2) is 36.9 Å². The van der Waals surface area contributed by atoms with Gasteiger partial charge in [0.2, 0.25) is 4.96 Å². The lowest BCUT2D eigenvalue weighted by Gasteiger charge is -2.09. The molecule has 0 amide bonds. The molecule has 0 saturated carbocycles. The number of methoxy groups -OCH3 is 1. The molecule has 0 radical (unpaired) electrons. The molecular weight excluding hydrogens is 381 g/mol. The number of hydrogen-bond acceptors (Lipinski definition) is 7. The Bertz CT molecular complexity index is 1110. The van der Waals surface area contributed by atoms with E-state index in [-0.39, 0.29) is 5.56 Å². The van der Waals surface area contributed by atoms with Crippen molar-refractivity contribution in [2.75, 3.05) is 12.8 Å². The molecule has 4 aromatic rings. The predicted molar refractivity (Wildman–Crippen MR) is 93.3 cm³/mol. The fraction of sp³-hybridized carbons (Fsp3) is 0.125. The highest BCUT2D eigenvalue weighted by Gasteiger charge is 2.34. The number of halogens is 3. The maximum atomic E-state index is 13.0. The summed E-state index contributed by atoms with van der Waals surface area (Å²) in [5, 5.41) is 5.06. The Balaban J connectivity index is 1.72. The standard InChI is InChI=1S/C16H11F3N6OS/c1-26-10-2-9(4-21-6-10)14-24-25-7-12(23-15(25)27-14)8-3-11(16(17,18)19)13(20)22-5-8/h2-7H,1H3,(H2,20,22). The summed E-state index contributed by atoms with van der Waals surface area (Å²) in [6.45, 7) is 0. The van der Waals surface area contributed by atoms with E-state index < -0.39 is 17.6 Å². The topological polar surface area (TPSA) is 91.2 Å². The van der Waals surface area contributed by atoms with E-state index in [9.17, 15) is 13.2 Å². The number of ether oxygens (including phenoxy) is 1. The monoisotopic (exact) mass is 392 g/mol. The first kappa shape index (κ1) is 17.2. The quantitative estimate of drug-likeness (QED) is 0.574. The number of alkyl halides is 3. The number of pyridine rings is 2. The Kier molecular flexibility index (Phi) is 3.95. The van der Waals surface area contributed by atoms with Crippen molar-refractivity contribution in [3.05, 3.63) is 42.5 Å². The first-order chi connectivity index (χ1) is 12.8. The molecule has 0 bridgehead atoms. The zero-order chi connectivity index (χ0) is 19.2. The normalized spacial score (nSPS) is 11.9. The van der Waals surface area contributed by atoms with Crippen LogP contribution in [-0.4, -0.2) is 31.7 Å². The third-order valence-electron chi connectivity index (χ3n) is 3.76. The van der Waals surface area contributed by atoms with E-state index in [1.54, 1.807) is 18.5 Å². The van der Waals surface area contributed by atoms with E-state index in [1.807, 2.05) is 0 Å². The lowest BCUT2D eigenvalue weighted by atomic mass is 10.1. The molecule has 138 valence electrons. The molecule has 4 aromatic heterocycles. The highest BCUT2D eigenvalue weighted by molar-refractivity contribution is 7.19. The Labute approximate surface area is 154 Å². The fourth-order valence-corrected chi connectivity index (χ4v) is 3.31. The van der Waals surface area contributed by atoms with Crippen LogP contribution in [0.1, 0.15) is 5.56 Å². The molecule has 4 heterocycles. The molecule has 0 fully saturated rings. The number of rotatable bonds is 3. The molecule has 7 nitrogen and oxygen atoms in total. The molecule has 0 atom stereocenters. The summed E-state index contributed by atoms with van der Waals surface area (Å²) in [7, 11) is 1.54. The van der Waals surface area contributed by atoms with Crippen LogP contribution in [0, 0.1) is 0 Å². The van der Waals surface area contributed by atoms with Crippen molar-refractivity contribution in [2.24, 2.45) is 0 Å². The minimum Gasteiger partial charge on any atom is -0.495 e. The maximum Gasteiger partial charge on any atom is 0.419 e. The van der Waals surface area contributed by atoms with Gasteiger partial charge in [-0.1, -0.05) is 11.3 Å². The van der Waals surface area contributed by atoms with Gasteiger partial charge in [-0.25, -0.2) is 14.5 Å². The lowest BCUT2D eigenvalue weighted by Crippen LogP contribution is -2.10. The van der Waals surface area contributed by atoms with Crippen LogP contribution in [0.5, 0.6) is 5.75 Å². The summed E-state index contributed by atoms with van der Waals surface area (Å²) in [6.07, 6.45) is 1.42. The third kappa shape index (κ3) is 3.16. The number of anilines is 1. The Morgan fingerprint density at radius 2 is 1.96 bits per heavy atom. The molecular formula is C16H11F3N6OS. The summed E-state index contributed by atoms with van der Waals surface area (Å²) in [5.74, 6) is 0.0202. The van der Waals surface area contributed by atoms with Crippen molar-refractivity contribution in [1.29, 1.82) is 0 Å². The SMILES string of the molecule is COc1cncc(-c2nn3cc(-c4cnc(N)c(C(F)(F)F)c4)nc3s2)c1. The van der Waals surface area contributed by atoms with Crippen molar-refractivity contribution in [3.63, 3.8) is 0 Å². The number of nitrogen functional groups attached to an aromatic ring is 1. The largest absolute Gasteiger partial charge is 0.495 e. The number of imidazole rings is 1. The van der Waals surface area contributed by atoms with Crippen molar-refractivity contribution in [3.8, 4) is 27.6 Å². The van der Waals surface area contributed by atoms with Crippen molar-refractivity contribution in [1.82, 2.24) is 24.6 Å².